The maximum atomic E-state index is 12.5. The zero-order valence-corrected chi connectivity index (χ0v) is 13.1. The predicted octanol–water partition coefficient (Wildman–Crippen LogP) is 2.77. The fraction of sp³-hybridized carbons (Fsp3) is 0.467. The van der Waals surface area contributed by atoms with Crippen LogP contribution in [0.1, 0.15) is 23.3 Å². The van der Waals surface area contributed by atoms with Crippen molar-refractivity contribution >= 4 is 38.9 Å². The molecule has 0 unspecified atom stereocenters. The second-order valence-corrected chi connectivity index (χ2v) is 7.15. The van der Waals surface area contributed by atoms with Gasteiger partial charge in [-0.05, 0) is 49.4 Å². The summed E-state index contributed by atoms with van der Waals surface area (Å²) in [7, 11) is 0. The summed E-state index contributed by atoms with van der Waals surface area (Å²) in [5.41, 5.74) is 0.423. The highest BCUT2D eigenvalue weighted by molar-refractivity contribution is 7.17. The molecule has 1 N–H and O–H groups in total. The van der Waals surface area contributed by atoms with E-state index in [2.05, 4.69) is 15.2 Å². The molecule has 2 bridgehead atoms. The molecule has 3 saturated heterocycles. The van der Waals surface area contributed by atoms with Crippen LogP contribution in [0.15, 0.2) is 17.5 Å². The monoisotopic (exact) mass is 321 g/mol. The van der Waals surface area contributed by atoms with Crippen molar-refractivity contribution in [1.82, 2.24) is 15.2 Å². The molecule has 6 heteroatoms. The van der Waals surface area contributed by atoms with Crippen molar-refractivity contribution in [3.8, 4) is 0 Å². The lowest BCUT2D eigenvalue weighted by Gasteiger charge is -2.44. The van der Waals surface area contributed by atoms with E-state index in [1.807, 2.05) is 17.5 Å². The molecular weight excluding hydrogens is 306 g/mol. The summed E-state index contributed by atoms with van der Waals surface area (Å²) in [6, 6.07) is 4.02. The first-order valence-corrected chi connectivity index (χ1v) is 8.53. The molecule has 5 rings (SSSR count). The van der Waals surface area contributed by atoms with Crippen LogP contribution < -0.4 is 5.32 Å². The lowest BCUT2D eigenvalue weighted by Crippen LogP contribution is -2.57. The Morgan fingerprint density at radius 1 is 1.43 bits per heavy atom. The van der Waals surface area contributed by atoms with Gasteiger partial charge in [0.15, 0.2) is 0 Å². The molecule has 0 radical (unpaired) electrons. The van der Waals surface area contributed by atoms with Gasteiger partial charge in [-0.15, -0.1) is 11.3 Å². The maximum Gasteiger partial charge on any atom is 0.270 e. The maximum absolute atomic E-state index is 12.5. The predicted molar refractivity (Wildman–Crippen MR) is 85.0 cm³/mol. The second kappa shape index (κ2) is 5.23. The van der Waals surface area contributed by atoms with Gasteiger partial charge in [0.25, 0.3) is 5.91 Å². The molecule has 2 aromatic heterocycles. The Hall–Kier alpha value is -1.17. The van der Waals surface area contributed by atoms with Gasteiger partial charge >= 0.3 is 0 Å². The van der Waals surface area contributed by atoms with E-state index in [9.17, 15) is 4.79 Å². The molecular formula is C15H16ClN3OS. The van der Waals surface area contributed by atoms with Gasteiger partial charge in [0.1, 0.15) is 10.8 Å². The van der Waals surface area contributed by atoms with Crippen molar-refractivity contribution in [3.63, 3.8) is 0 Å². The van der Waals surface area contributed by atoms with E-state index in [0.29, 0.717) is 16.8 Å². The summed E-state index contributed by atoms with van der Waals surface area (Å²) in [6.07, 6.45) is 2.37. The Morgan fingerprint density at radius 2 is 2.24 bits per heavy atom. The largest absolute Gasteiger partial charge is 0.346 e. The number of hydrogen-bond acceptors (Lipinski definition) is 4. The van der Waals surface area contributed by atoms with Crippen LogP contribution in [0.25, 0.3) is 10.1 Å². The molecule has 3 aliphatic heterocycles. The number of carbonyl (C=O) groups excluding carboxylic acids is 1. The van der Waals surface area contributed by atoms with Gasteiger partial charge < -0.3 is 10.2 Å². The van der Waals surface area contributed by atoms with Gasteiger partial charge in [0.05, 0.1) is 0 Å². The highest BCUT2D eigenvalue weighted by atomic mass is 35.5. The first-order valence-electron chi connectivity index (χ1n) is 7.27. The van der Waals surface area contributed by atoms with Crippen LogP contribution in [-0.2, 0) is 0 Å². The number of nitrogens with zero attached hydrogens (tertiary/aromatic N) is 2. The van der Waals surface area contributed by atoms with Gasteiger partial charge in [-0.2, -0.15) is 0 Å². The lowest BCUT2D eigenvalue weighted by molar-refractivity contribution is 0.0618. The number of aromatic nitrogens is 1. The Bertz CT molecular complexity index is 693. The third kappa shape index (κ3) is 2.43. The zero-order chi connectivity index (χ0) is 14.4. The van der Waals surface area contributed by atoms with Crippen LogP contribution in [-0.4, -0.2) is 41.5 Å². The molecule has 5 heterocycles. The molecule has 1 atom stereocenters. The molecule has 0 aromatic carbocycles. The van der Waals surface area contributed by atoms with Crippen LogP contribution in [0.4, 0.5) is 0 Å². The fourth-order valence-corrected chi connectivity index (χ4v) is 4.55. The van der Waals surface area contributed by atoms with Crippen molar-refractivity contribution < 1.29 is 4.79 Å². The summed E-state index contributed by atoms with van der Waals surface area (Å²) in [5.74, 6) is 0.505. The van der Waals surface area contributed by atoms with Gasteiger partial charge in [-0.3, -0.25) is 4.79 Å². The zero-order valence-electron chi connectivity index (χ0n) is 11.5. The molecule has 0 spiro atoms. The molecule has 1 amide bonds. The SMILES string of the molecule is O=C(N[C@H]1CN2CCC1CC2)c1cc2sccc2c(Cl)n1. The van der Waals surface area contributed by atoms with Crippen molar-refractivity contribution in [2.75, 3.05) is 19.6 Å². The van der Waals surface area contributed by atoms with Crippen LogP contribution in [0.5, 0.6) is 0 Å². The van der Waals surface area contributed by atoms with Crippen molar-refractivity contribution in [2.45, 2.75) is 18.9 Å². The fourth-order valence-electron chi connectivity index (χ4n) is 3.41. The topological polar surface area (TPSA) is 45.2 Å². The number of piperidine rings is 3. The van der Waals surface area contributed by atoms with E-state index in [-0.39, 0.29) is 11.9 Å². The molecule has 2 aromatic rings. The molecule has 3 aliphatic rings. The van der Waals surface area contributed by atoms with E-state index in [1.165, 1.54) is 25.9 Å². The van der Waals surface area contributed by atoms with Crippen LogP contribution >= 0.6 is 22.9 Å². The standard InChI is InChI=1S/C15H16ClN3OS/c16-14-10-3-6-21-13(10)7-11(17-14)15(20)18-12-8-19-4-1-9(12)2-5-19/h3,6-7,9,12H,1-2,4-5,8H2,(H,18,20)/t12-/m0/s1. The minimum absolute atomic E-state index is 0.106. The van der Waals surface area contributed by atoms with Gasteiger partial charge in [-0.1, -0.05) is 11.6 Å². The Labute approximate surface area is 132 Å². The molecule has 3 fully saturated rings. The van der Waals surface area contributed by atoms with Crippen molar-refractivity contribution in [2.24, 2.45) is 5.92 Å². The molecule has 0 saturated carbocycles. The summed E-state index contributed by atoms with van der Waals surface area (Å²) in [6.45, 7) is 3.30. The minimum atomic E-state index is -0.106. The smallest absolute Gasteiger partial charge is 0.270 e. The van der Waals surface area contributed by atoms with Crippen molar-refractivity contribution in [1.29, 1.82) is 0 Å². The molecule has 21 heavy (non-hydrogen) atoms. The van der Waals surface area contributed by atoms with E-state index < -0.39 is 0 Å². The summed E-state index contributed by atoms with van der Waals surface area (Å²) < 4.78 is 1.01. The van der Waals surface area contributed by atoms with E-state index in [0.717, 1.165) is 16.6 Å². The Kier molecular flexibility index (Phi) is 3.36. The molecule has 4 nitrogen and oxygen atoms in total. The Morgan fingerprint density at radius 3 is 2.95 bits per heavy atom. The first kappa shape index (κ1) is 13.5. The number of thiophene rings is 1. The number of pyridine rings is 1. The third-order valence-corrected chi connectivity index (χ3v) is 5.76. The van der Waals surface area contributed by atoms with E-state index in [4.69, 9.17) is 11.6 Å². The first-order chi connectivity index (χ1) is 10.2. The minimum Gasteiger partial charge on any atom is -0.346 e. The number of rotatable bonds is 2. The number of amides is 1. The second-order valence-electron chi connectivity index (χ2n) is 5.85. The Balaban J connectivity index is 1.56. The van der Waals surface area contributed by atoms with E-state index in [1.54, 1.807) is 11.3 Å². The third-order valence-electron chi connectivity index (χ3n) is 4.61. The van der Waals surface area contributed by atoms with Gasteiger partial charge in [0.2, 0.25) is 0 Å². The average molecular weight is 322 g/mol. The van der Waals surface area contributed by atoms with Gasteiger partial charge in [0, 0.05) is 22.7 Å². The van der Waals surface area contributed by atoms with Crippen molar-refractivity contribution in [3.05, 3.63) is 28.4 Å². The summed E-state index contributed by atoms with van der Waals surface area (Å²) in [5, 5.41) is 6.45. The van der Waals surface area contributed by atoms with Crippen LogP contribution in [0.2, 0.25) is 5.15 Å². The van der Waals surface area contributed by atoms with Gasteiger partial charge in [-0.25, -0.2) is 4.98 Å². The average Bonchev–Trinajstić information content (AvgIpc) is 2.97. The number of carbonyl (C=O) groups is 1. The normalized spacial score (nSPS) is 28.0. The van der Waals surface area contributed by atoms with E-state index >= 15 is 0 Å². The number of fused-ring (bicyclic) bond motifs is 4. The summed E-state index contributed by atoms with van der Waals surface area (Å²) in [4.78, 5) is 19.1. The van der Waals surface area contributed by atoms with Crippen LogP contribution in [0.3, 0.4) is 0 Å². The van der Waals surface area contributed by atoms with Crippen LogP contribution in [0, 0.1) is 5.92 Å². The summed E-state index contributed by atoms with van der Waals surface area (Å²) >= 11 is 7.74. The lowest BCUT2D eigenvalue weighted by atomic mass is 9.84. The number of halogens is 1. The molecule has 0 aliphatic carbocycles. The highest BCUT2D eigenvalue weighted by Crippen LogP contribution is 2.29. The molecule has 110 valence electrons. The quantitative estimate of drug-likeness (QED) is 0.865. The highest BCUT2D eigenvalue weighted by Gasteiger charge is 2.35. The number of nitrogens with one attached hydrogen (secondary N) is 1. The number of hydrogen-bond donors (Lipinski definition) is 1.